The van der Waals surface area contributed by atoms with Crippen molar-refractivity contribution in [1.82, 2.24) is 0 Å². The van der Waals surface area contributed by atoms with Crippen molar-refractivity contribution in [1.29, 1.82) is 0 Å². The summed E-state index contributed by atoms with van der Waals surface area (Å²) in [4.78, 5) is 19.5. The third-order valence-corrected chi connectivity index (χ3v) is 2.90. The maximum absolute atomic E-state index is 10.7. The van der Waals surface area contributed by atoms with Gasteiger partial charge in [0.25, 0.3) is 0 Å². The molecule has 0 aromatic heterocycles. The smallest absolute Gasteiger partial charge is 0.393 e. The molecule has 0 bridgehead atoms. The second kappa shape index (κ2) is 5.69. The van der Waals surface area contributed by atoms with Crippen LogP contribution in [0.3, 0.4) is 0 Å². The lowest BCUT2D eigenvalue weighted by molar-refractivity contribution is -0.319. The molecule has 0 aromatic rings. The molecule has 19 heavy (non-hydrogen) atoms. The van der Waals surface area contributed by atoms with Crippen LogP contribution in [-0.2, 0) is 13.8 Å². The number of phosphoric acid groups is 1. The van der Waals surface area contributed by atoms with E-state index in [4.69, 9.17) is 20.4 Å². The molecule has 6 N–H and O–H groups in total. The third-order valence-electron chi connectivity index (χ3n) is 2.42. The van der Waals surface area contributed by atoms with Crippen LogP contribution in [-0.4, -0.2) is 67.1 Å². The lowest BCUT2D eigenvalue weighted by atomic mass is 9.95. The number of rotatable bonds is 4. The highest BCUT2D eigenvalue weighted by Gasteiger charge is 2.55. The van der Waals surface area contributed by atoms with E-state index in [1.54, 1.807) is 0 Å². The zero-order chi connectivity index (χ0) is 14.8. The van der Waals surface area contributed by atoms with E-state index >= 15 is 0 Å². The van der Waals surface area contributed by atoms with Gasteiger partial charge in [-0.15, -0.1) is 0 Å². The summed E-state index contributed by atoms with van der Waals surface area (Å²) in [5.41, 5.74) is 5.88. The van der Waals surface area contributed by atoms with E-state index in [1.807, 2.05) is 0 Å². The normalized spacial score (nSPS) is 39.7. The van der Waals surface area contributed by atoms with Crippen LogP contribution in [0, 0.1) is 0 Å². The van der Waals surface area contributed by atoms with Gasteiger partial charge in [-0.3, -0.25) is 4.52 Å². The van der Waals surface area contributed by atoms with Crippen LogP contribution in [0.15, 0.2) is 5.11 Å². The first-order valence-electron chi connectivity index (χ1n) is 4.80. The predicted molar refractivity (Wildman–Crippen MR) is 55.0 cm³/mol. The van der Waals surface area contributed by atoms with E-state index in [9.17, 15) is 19.9 Å². The molecular weight excluding hydrogens is 289 g/mol. The standard InChI is InChI=1S/C6H12N3O9P/c7-9-8-6(1-10)4(13)2(11)3(12)5(17-6)18-19(14,15)16/h2-5,10-13H,1H2,(H2,14,15,16)/t2-,3-,4+,5+,6-/m1/s1. The predicted octanol–water partition coefficient (Wildman–Crippen LogP) is -2.47. The zero-order valence-corrected chi connectivity index (χ0v) is 10.1. The number of aliphatic hydroxyl groups is 4. The van der Waals surface area contributed by atoms with Crippen LogP contribution >= 0.6 is 7.82 Å². The van der Waals surface area contributed by atoms with Crippen LogP contribution in [0.4, 0.5) is 0 Å². The molecule has 5 atom stereocenters. The molecule has 1 heterocycles. The van der Waals surface area contributed by atoms with Crippen LogP contribution in [0.5, 0.6) is 0 Å². The average molecular weight is 301 g/mol. The number of hydrogen-bond donors (Lipinski definition) is 6. The molecule has 0 saturated carbocycles. The summed E-state index contributed by atoms with van der Waals surface area (Å²) in [6.07, 6.45) is -8.20. The molecule has 13 heteroatoms. The second-order valence-corrected chi connectivity index (χ2v) is 4.89. The molecule has 1 rings (SSSR count). The summed E-state index contributed by atoms with van der Waals surface area (Å²) in [5, 5.41) is 40.5. The zero-order valence-electron chi connectivity index (χ0n) is 9.21. The highest BCUT2D eigenvalue weighted by Crippen LogP contribution is 2.42. The summed E-state index contributed by atoms with van der Waals surface area (Å²) in [6.45, 7) is -1.12. The Bertz CT molecular complexity index is 422. The minimum absolute atomic E-state index is 1.12. The fourth-order valence-electron chi connectivity index (χ4n) is 1.50. The van der Waals surface area contributed by atoms with Gasteiger partial charge in [-0.2, -0.15) is 0 Å². The Morgan fingerprint density at radius 1 is 1.37 bits per heavy atom. The van der Waals surface area contributed by atoms with Gasteiger partial charge in [0, 0.05) is 4.91 Å². The van der Waals surface area contributed by atoms with Crippen molar-refractivity contribution >= 4 is 7.82 Å². The number of hydrogen-bond acceptors (Lipinski definition) is 8. The van der Waals surface area contributed by atoms with E-state index in [2.05, 4.69) is 19.3 Å². The highest BCUT2D eigenvalue weighted by atomic mass is 31.2. The Kier molecular flexibility index (Phi) is 4.87. The van der Waals surface area contributed by atoms with Gasteiger partial charge < -0.3 is 34.9 Å². The van der Waals surface area contributed by atoms with Crippen molar-refractivity contribution in [3.63, 3.8) is 0 Å². The van der Waals surface area contributed by atoms with E-state index in [0.29, 0.717) is 0 Å². The number of aliphatic hydroxyl groups excluding tert-OH is 4. The summed E-state index contributed by atoms with van der Waals surface area (Å²) in [7, 11) is -5.10. The van der Waals surface area contributed by atoms with Crippen LogP contribution in [0.25, 0.3) is 10.4 Å². The monoisotopic (exact) mass is 301 g/mol. The van der Waals surface area contributed by atoms with Crippen molar-refractivity contribution < 1.29 is 44.0 Å². The Morgan fingerprint density at radius 3 is 2.37 bits per heavy atom. The van der Waals surface area contributed by atoms with Gasteiger partial charge in [-0.05, 0) is 5.53 Å². The topological polar surface area (TPSA) is 206 Å². The molecule has 0 aromatic carbocycles. The molecule has 12 nitrogen and oxygen atoms in total. The van der Waals surface area contributed by atoms with Gasteiger partial charge in [-0.25, -0.2) is 4.57 Å². The van der Waals surface area contributed by atoms with E-state index in [0.717, 1.165) is 0 Å². The Labute approximate surface area is 105 Å². The van der Waals surface area contributed by atoms with Gasteiger partial charge >= 0.3 is 7.82 Å². The lowest BCUT2D eigenvalue weighted by Gasteiger charge is -2.44. The quantitative estimate of drug-likeness (QED) is 0.140. The van der Waals surface area contributed by atoms with Crippen molar-refractivity contribution in [3.8, 4) is 0 Å². The molecule has 110 valence electrons. The fraction of sp³-hybridized carbons (Fsp3) is 1.00. The van der Waals surface area contributed by atoms with Crippen molar-refractivity contribution in [2.75, 3.05) is 6.61 Å². The van der Waals surface area contributed by atoms with Crippen LogP contribution < -0.4 is 0 Å². The summed E-state index contributed by atoms with van der Waals surface area (Å²) in [5.74, 6) is 0. The first-order valence-corrected chi connectivity index (χ1v) is 6.33. The molecule has 1 fully saturated rings. The van der Waals surface area contributed by atoms with Crippen molar-refractivity contribution in [2.24, 2.45) is 5.11 Å². The lowest BCUT2D eigenvalue weighted by Crippen LogP contribution is -2.65. The largest absolute Gasteiger partial charge is 0.472 e. The second-order valence-electron chi connectivity index (χ2n) is 3.70. The minimum Gasteiger partial charge on any atom is -0.393 e. The summed E-state index contributed by atoms with van der Waals surface area (Å²) >= 11 is 0. The third kappa shape index (κ3) is 3.41. The number of ether oxygens (including phenoxy) is 1. The molecule has 1 aliphatic heterocycles. The maximum Gasteiger partial charge on any atom is 0.472 e. The number of azide groups is 1. The maximum atomic E-state index is 10.7. The molecular formula is C6H12N3O9P. The van der Waals surface area contributed by atoms with E-state index < -0.39 is 44.8 Å². The van der Waals surface area contributed by atoms with Gasteiger partial charge in [0.2, 0.25) is 5.72 Å². The summed E-state index contributed by atoms with van der Waals surface area (Å²) in [6, 6.07) is 0. The Hall–Kier alpha value is -0.780. The molecule has 0 amide bonds. The van der Waals surface area contributed by atoms with Gasteiger partial charge in [-0.1, -0.05) is 5.11 Å². The first kappa shape index (κ1) is 16.3. The van der Waals surface area contributed by atoms with E-state index in [-0.39, 0.29) is 0 Å². The molecule has 1 aliphatic rings. The Balaban J connectivity index is 3.09. The van der Waals surface area contributed by atoms with Crippen molar-refractivity contribution in [3.05, 3.63) is 10.4 Å². The molecule has 0 unspecified atom stereocenters. The van der Waals surface area contributed by atoms with Gasteiger partial charge in [0.15, 0.2) is 6.29 Å². The first-order chi connectivity index (χ1) is 8.67. The Morgan fingerprint density at radius 2 is 1.95 bits per heavy atom. The SMILES string of the molecule is [N-]=[N+]=N[C@]1(CO)O[C@@H](OP(=O)(O)O)[C@H](O)[C@@H](O)[C@@H]1O. The molecule has 1 saturated heterocycles. The number of nitrogens with zero attached hydrogens (tertiary/aromatic N) is 3. The summed E-state index contributed by atoms with van der Waals surface area (Å²) < 4.78 is 19.4. The fourth-order valence-corrected chi connectivity index (χ4v) is 1.93. The van der Waals surface area contributed by atoms with E-state index in [1.165, 1.54) is 0 Å². The molecule has 0 aliphatic carbocycles. The average Bonchev–Trinajstić information content (AvgIpc) is 2.31. The number of phosphoric ester groups is 1. The van der Waals surface area contributed by atoms with Crippen LogP contribution in [0.1, 0.15) is 0 Å². The highest BCUT2D eigenvalue weighted by molar-refractivity contribution is 7.46. The van der Waals surface area contributed by atoms with Crippen molar-refractivity contribution in [2.45, 2.75) is 30.3 Å². The van der Waals surface area contributed by atoms with Crippen LogP contribution in [0.2, 0.25) is 0 Å². The molecule has 0 spiro atoms. The van der Waals surface area contributed by atoms with Gasteiger partial charge in [0.1, 0.15) is 18.3 Å². The molecule has 0 radical (unpaired) electrons. The van der Waals surface area contributed by atoms with Gasteiger partial charge in [0.05, 0.1) is 6.61 Å². The minimum atomic E-state index is -5.10.